The molecule has 0 aliphatic carbocycles. The Morgan fingerprint density at radius 1 is 0.632 bits per heavy atom. The van der Waals surface area contributed by atoms with Gasteiger partial charge in [0.15, 0.2) is 0 Å². The van der Waals surface area contributed by atoms with Crippen molar-refractivity contribution in [1.29, 1.82) is 0 Å². The zero-order valence-corrected chi connectivity index (χ0v) is 11.3. The van der Waals surface area contributed by atoms with Gasteiger partial charge < -0.3 is 56.2 Å². The summed E-state index contributed by atoms with van der Waals surface area (Å²) in [6, 6.07) is 0. The topological polar surface area (TPSA) is 273 Å². The van der Waals surface area contributed by atoms with E-state index in [0.29, 0.717) is 0 Å². The van der Waals surface area contributed by atoms with Gasteiger partial charge in [-0.25, -0.2) is 9.59 Å². The van der Waals surface area contributed by atoms with Crippen molar-refractivity contribution in [2.24, 2.45) is 0 Å². The molecule has 0 atom stereocenters. The van der Waals surface area contributed by atoms with Crippen molar-refractivity contribution in [3.05, 3.63) is 46.0 Å². The van der Waals surface area contributed by atoms with Gasteiger partial charge in [-0.2, -0.15) is 0 Å². The molecule has 0 aliphatic rings. The summed E-state index contributed by atoms with van der Waals surface area (Å²) in [4.78, 5) is 42.9. The third kappa shape index (κ3) is 2890. The van der Waals surface area contributed by atoms with Gasteiger partial charge in [0.2, 0.25) is 0 Å². The summed E-state index contributed by atoms with van der Waals surface area (Å²) in [5.74, 6) is -3.65. The maximum atomic E-state index is 9.10. The van der Waals surface area contributed by atoms with E-state index in [1.54, 1.807) is 0 Å². The Labute approximate surface area is 108 Å². The molecule has 0 aromatic carbocycles. The average molecular weight is 519 g/mol. The quantitative estimate of drug-likeness (QED) is 0.208. The molecule has 17 heteroatoms. The van der Waals surface area contributed by atoms with Crippen LogP contribution in [0.25, 0.3) is 0 Å². The number of hydrogen-bond acceptors (Lipinski definition) is 11. The van der Waals surface area contributed by atoms with E-state index in [4.69, 9.17) is 65.8 Å². The van der Waals surface area contributed by atoms with Gasteiger partial charge in [0.25, 0.3) is 0 Å². The van der Waals surface area contributed by atoms with E-state index >= 15 is 0 Å². The minimum absolute atomic E-state index is 0. The Morgan fingerprint density at radius 3 is 0.684 bits per heavy atom. The first kappa shape index (κ1) is 29.7. The molecule has 113 valence electrons. The van der Waals surface area contributed by atoms with Gasteiger partial charge in [-0.15, -0.1) is 0 Å². The zero-order chi connectivity index (χ0) is 15.9. The van der Waals surface area contributed by atoms with Crippen LogP contribution in [0.2, 0.25) is 0 Å². The Hall–Kier alpha value is -3.07. The fraction of sp³-hybridized carbons (Fsp3) is 0. The number of nitrogens with zero attached hydrogens (tertiary/aromatic N) is 3. The molecule has 0 aliphatic heterocycles. The van der Waals surface area contributed by atoms with Crippen molar-refractivity contribution in [3.63, 3.8) is 0 Å². The maximum Gasteiger partial charge on any atom is 0.414 e. The van der Waals surface area contributed by atoms with Crippen LogP contribution in [0, 0.1) is 60.2 Å². The Bertz CT molecular complexity index is 248. The Morgan fingerprint density at radius 2 is 0.684 bits per heavy atom. The third-order valence-electron chi connectivity index (χ3n) is 0.183. The zero-order valence-electron chi connectivity index (χ0n) is 8.10. The second-order valence-electron chi connectivity index (χ2n) is 1.28. The van der Waals surface area contributed by atoms with Gasteiger partial charge in [-0.1, -0.05) is 0 Å². The van der Waals surface area contributed by atoms with Crippen LogP contribution in [0.4, 0.5) is 0 Å². The molecule has 19 heavy (non-hydrogen) atoms. The molecule has 0 bridgehead atoms. The van der Waals surface area contributed by atoms with Crippen molar-refractivity contribution >= 4 is 11.9 Å². The molecule has 0 saturated heterocycles. The van der Waals surface area contributed by atoms with E-state index in [0.717, 1.165) is 0 Å². The molecule has 16 nitrogen and oxygen atoms in total. The first-order chi connectivity index (χ1) is 7.84. The number of carboxylic acids is 2. The molecule has 0 saturated carbocycles. The normalized spacial score (nSPS) is 6.11. The third-order valence-corrected chi connectivity index (χ3v) is 0.183. The van der Waals surface area contributed by atoms with Crippen LogP contribution in [0.15, 0.2) is 0 Å². The second-order valence-corrected chi connectivity index (χ2v) is 1.28. The van der Waals surface area contributed by atoms with Gasteiger partial charge in [0.05, 0.1) is 15.3 Å². The van der Waals surface area contributed by atoms with Crippen molar-refractivity contribution in [1.82, 2.24) is 0 Å². The van der Waals surface area contributed by atoms with E-state index in [1.807, 2.05) is 0 Å². The minimum Gasteiger partial charge on any atom is -0.473 e. The molecule has 0 spiro atoms. The summed E-state index contributed by atoms with van der Waals surface area (Å²) < 4.78 is 0. The number of hydrogen-bond donors (Lipinski definition) is 2. The smallest absolute Gasteiger partial charge is 0.414 e. The fourth-order valence-corrected chi connectivity index (χ4v) is 0. The Balaban J connectivity index is -0.0000000459. The largest absolute Gasteiger partial charge is 0.473 e. The standard InChI is InChI=1S/C2H2O4.Am.3NO3/c3-1(4)2(5)6;;3*2-1(3)4/h(H,3,4)(H,5,6);;;;/q;;3*-1. The van der Waals surface area contributed by atoms with Crippen molar-refractivity contribution in [3.8, 4) is 0 Å². The molecule has 0 rings (SSSR count). The SMILES string of the molecule is O=C(O)C(=O)O.O=[N+]([O-])[O-].O=[N+]([O-])[O-].O=[N+]([O-])[O-].[Am]. The molecule has 0 heterocycles. The minimum atomic E-state index is -1.82. The molecular formula is C2H2AmN3O13-3. The van der Waals surface area contributed by atoms with E-state index in [-0.39, 0.29) is 14.3 Å². The number of aliphatic carboxylic acids is 2. The van der Waals surface area contributed by atoms with Gasteiger partial charge in [-0.3, -0.25) is 0 Å². The fourth-order valence-electron chi connectivity index (χ4n) is 0. The van der Waals surface area contributed by atoms with Crippen molar-refractivity contribution < 1.29 is 49.3 Å². The summed E-state index contributed by atoms with van der Waals surface area (Å²) >= 11 is 0. The van der Waals surface area contributed by atoms with Gasteiger partial charge >= 0.3 is 11.9 Å². The van der Waals surface area contributed by atoms with Crippen LogP contribution in [0.3, 0.4) is 0 Å². The number of carboxylic acid groups (broad SMARTS) is 2. The van der Waals surface area contributed by atoms with Crippen LogP contribution in [-0.4, -0.2) is 37.4 Å². The van der Waals surface area contributed by atoms with Crippen LogP contribution in [0.1, 0.15) is 0 Å². The molecular weight excluding hydrogens is 517 g/mol. The van der Waals surface area contributed by atoms with Crippen LogP contribution >= 0.6 is 0 Å². The molecule has 0 unspecified atom stereocenters. The molecule has 0 amide bonds. The van der Waals surface area contributed by atoms with E-state index in [1.165, 1.54) is 0 Å². The van der Waals surface area contributed by atoms with Crippen LogP contribution in [0.5, 0.6) is 0 Å². The molecule has 0 aromatic heterocycles. The number of carbonyl (C=O) groups is 2. The van der Waals surface area contributed by atoms with Crippen LogP contribution in [-0.2, 0) is 9.59 Å². The Kier molecular flexibility index (Phi) is 31.8. The molecule has 0 aromatic rings. The first-order valence-electron chi connectivity index (χ1n) is 2.75. The molecule has 2 N–H and O–H groups in total. The summed E-state index contributed by atoms with van der Waals surface area (Å²) in [6.45, 7) is 0. The van der Waals surface area contributed by atoms with Crippen molar-refractivity contribution in [2.45, 2.75) is 0 Å². The summed E-state index contributed by atoms with van der Waals surface area (Å²) in [5, 5.41) is 59.0. The average Bonchev–Trinajstić information content (AvgIpc) is 1.99. The van der Waals surface area contributed by atoms with Crippen LogP contribution < -0.4 is 0 Å². The van der Waals surface area contributed by atoms with Crippen molar-refractivity contribution in [2.75, 3.05) is 0 Å². The van der Waals surface area contributed by atoms with Gasteiger partial charge in [0, 0.05) is 14.3 Å². The predicted molar refractivity (Wildman–Crippen MR) is 46.4 cm³/mol. The summed E-state index contributed by atoms with van der Waals surface area (Å²) in [6.07, 6.45) is 0. The first-order valence-corrected chi connectivity index (χ1v) is 2.75. The monoisotopic (exact) mass is 517 g/mol. The van der Waals surface area contributed by atoms with E-state index < -0.39 is 27.2 Å². The molecule has 0 fully saturated rings. The molecule has 1 radical (unpaired) electrons. The van der Waals surface area contributed by atoms with Gasteiger partial charge in [0.1, 0.15) is 0 Å². The summed E-state index contributed by atoms with van der Waals surface area (Å²) in [7, 11) is 0. The second kappa shape index (κ2) is 20.4. The predicted octanol–water partition coefficient (Wildman–Crippen LogP) is -1.56. The summed E-state index contributed by atoms with van der Waals surface area (Å²) in [5.41, 5.74) is 0. The van der Waals surface area contributed by atoms with Gasteiger partial charge in [-0.05, 0) is 0 Å². The number of rotatable bonds is 0. The van der Waals surface area contributed by atoms with E-state index in [9.17, 15) is 0 Å². The maximum absolute atomic E-state index is 9.10. The van der Waals surface area contributed by atoms with E-state index in [2.05, 4.69) is 0 Å².